The Morgan fingerprint density at radius 3 is 2.30 bits per heavy atom. The van der Waals surface area contributed by atoms with Gasteiger partial charge >= 0.3 is 5.97 Å². The third-order valence-corrected chi connectivity index (χ3v) is 6.55. The molecule has 0 aliphatic carbocycles. The lowest BCUT2D eigenvalue weighted by atomic mass is 10.0. The van der Waals surface area contributed by atoms with Gasteiger partial charge in [0.05, 0.1) is 11.3 Å². The number of fused-ring (bicyclic) bond motifs is 1. The van der Waals surface area contributed by atoms with E-state index < -0.39 is 10.7 Å². The van der Waals surface area contributed by atoms with E-state index in [1.807, 2.05) is 48.5 Å². The summed E-state index contributed by atoms with van der Waals surface area (Å²) in [5.74, 6) is -0.0842. The van der Waals surface area contributed by atoms with E-state index in [0.717, 1.165) is 63.2 Å². The van der Waals surface area contributed by atoms with Gasteiger partial charge < -0.3 is 9.64 Å². The van der Waals surface area contributed by atoms with Crippen molar-refractivity contribution >= 4 is 16.7 Å². The molecule has 4 rings (SSSR count). The molecule has 1 atom stereocenters. The van der Waals surface area contributed by atoms with Crippen LogP contribution in [0.15, 0.2) is 48.5 Å². The lowest BCUT2D eigenvalue weighted by Crippen LogP contribution is -2.46. The molecule has 160 valence electrons. The van der Waals surface area contributed by atoms with Crippen LogP contribution in [0.1, 0.15) is 46.0 Å². The summed E-state index contributed by atoms with van der Waals surface area (Å²) in [5, 5.41) is 0. The van der Waals surface area contributed by atoms with Crippen LogP contribution in [0.3, 0.4) is 0 Å². The maximum absolute atomic E-state index is 11.9. The van der Waals surface area contributed by atoms with Crippen LogP contribution in [0.2, 0.25) is 0 Å². The second-order valence-electron chi connectivity index (χ2n) is 8.05. The van der Waals surface area contributed by atoms with Crippen LogP contribution in [-0.4, -0.2) is 56.9 Å². The van der Waals surface area contributed by atoms with Gasteiger partial charge in [-0.25, -0.2) is 13.2 Å². The Hall–Kier alpha value is -2.22. The molecule has 2 aromatic rings. The van der Waals surface area contributed by atoms with Gasteiger partial charge in [0.15, 0.2) is 0 Å². The summed E-state index contributed by atoms with van der Waals surface area (Å²) in [6.45, 7) is 6.04. The predicted molar refractivity (Wildman–Crippen MR) is 116 cm³/mol. The van der Waals surface area contributed by atoms with Crippen molar-refractivity contribution in [1.29, 1.82) is 0 Å². The van der Waals surface area contributed by atoms with Crippen LogP contribution in [-0.2, 0) is 27.7 Å². The van der Waals surface area contributed by atoms with Gasteiger partial charge in [-0.3, -0.25) is 4.90 Å². The van der Waals surface area contributed by atoms with E-state index in [-0.39, 0.29) is 17.8 Å². The second-order valence-corrected chi connectivity index (χ2v) is 9.03. The zero-order chi connectivity index (χ0) is 20.9. The summed E-state index contributed by atoms with van der Waals surface area (Å²) in [4.78, 5) is 16.8. The number of esters is 1. The van der Waals surface area contributed by atoms with Gasteiger partial charge in [-0.1, -0.05) is 42.5 Å². The smallest absolute Gasteiger partial charge is 0.339 e. The third kappa shape index (κ3) is 5.28. The zero-order valence-corrected chi connectivity index (χ0v) is 17.9. The number of piperazine rings is 1. The number of carbonyl (C=O) groups excluding carboxylic acids is 1. The largest absolute Gasteiger partial charge is 0.454 e. The van der Waals surface area contributed by atoms with Crippen LogP contribution in [0, 0.1) is 0 Å². The van der Waals surface area contributed by atoms with Crippen molar-refractivity contribution in [3.8, 4) is 0 Å². The summed E-state index contributed by atoms with van der Waals surface area (Å²) in [6.07, 6.45) is 1.78. The van der Waals surface area contributed by atoms with Crippen molar-refractivity contribution < 1.29 is 17.9 Å². The molecule has 1 fully saturated rings. The van der Waals surface area contributed by atoms with Crippen molar-refractivity contribution in [2.45, 2.75) is 31.2 Å². The van der Waals surface area contributed by atoms with E-state index in [0.29, 0.717) is 5.56 Å². The van der Waals surface area contributed by atoms with E-state index >= 15 is 0 Å². The first-order valence-corrected chi connectivity index (χ1v) is 11.9. The molecule has 6 nitrogen and oxygen atoms in total. The van der Waals surface area contributed by atoms with Crippen molar-refractivity contribution in [2.75, 3.05) is 32.7 Å². The van der Waals surface area contributed by atoms with Gasteiger partial charge in [-0.2, -0.15) is 0 Å². The van der Waals surface area contributed by atoms with Gasteiger partial charge in [0.25, 0.3) is 0 Å². The van der Waals surface area contributed by atoms with E-state index in [1.54, 1.807) is 0 Å². The molecule has 0 amide bonds. The predicted octanol–water partition coefficient (Wildman–Crippen LogP) is 2.61. The lowest BCUT2D eigenvalue weighted by molar-refractivity contribution is 0.0353. The summed E-state index contributed by atoms with van der Waals surface area (Å²) >= 11 is 0. The molecule has 0 bridgehead atoms. The number of rotatable bonds is 8. The Morgan fingerprint density at radius 1 is 0.900 bits per heavy atom. The van der Waals surface area contributed by atoms with E-state index in [1.165, 1.54) is 5.56 Å². The number of thiol groups is 1. The fraction of sp³-hybridized carbons (Fsp3) is 0.435. The van der Waals surface area contributed by atoms with Crippen molar-refractivity contribution in [3.05, 3.63) is 70.8 Å². The molecule has 0 aromatic heterocycles. The van der Waals surface area contributed by atoms with Gasteiger partial charge in [0.2, 0.25) is 0 Å². The molecule has 0 spiro atoms. The third-order valence-electron chi connectivity index (χ3n) is 5.92. The van der Waals surface area contributed by atoms with E-state index in [9.17, 15) is 13.2 Å². The summed E-state index contributed by atoms with van der Waals surface area (Å²) in [6, 6.07) is 15.6. The number of nitrogens with zero attached hydrogens (tertiary/aromatic N) is 2. The van der Waals surface area contributed by atoms with Crippen LogP contribution in [0.25, 0.3) is 0 Å². The first-order valence-electron chi connectivity index (χ1n) is 10.5. The first-order chi connectivity index (χ1) is 14.6. The molecular weight excluding hydrogens is 400 g/mol. The number of carbonyl (C=O) groups is 1. The lowest BCUT2D eigenvalue weighted by Gasteiger charge is -2.34. The molecule has 30 heavy (non-hydrogen) atoms. The summed E-state index contributed by atoms with van der Waals surface area (Å²) < 4.78 is 27.2. The molecule has 7 heteroatoms. The van der Waals surface area contributed by atoms with E-state index in [4.69, 9.17) is 4.74 Å². The first kappa shape index (κ1) is 21.0. The highest BCUT2D eigenvalue weighted by Crippen LogP contribution is 2.33. The molecule has 2 aromatic carbocycles. The van der Waals surface area contributed by atoms with Gasteiger partial charge in [-0.05, 0) is 36.6 Å². The topological polar surface area (TPSA) is 66.9 Å². The van der Waals surface area contributed by atoms with Crippen LogP contribution in [0.4, 0.5) is 0 Å². The number of benzene rings is 2. The molecule has 2 aliphatic rings. The molecule has 2 aliphatic heterocycles. The molecule has 2 heterocycles. The number of cyclic esters (lactones) is 1. The van der Waals surface area contributed by atoms with Crippen LogP contribution in [0.5, 0.6) is 0 Å². The minimum Gasteiger partial charge on any atom is -0.454 e. The fourth-order valence-corrected chi connectivity index (χ4v) is 4.77. The highest BCUT2D eigenvalue weighted by molar-refractivity contribution is 7.71. The minimum atomic E-state index is -2.37. The molecule has 0 N–H and O–H groups in total. The highest BCUT2D eigenvalue weighted by Gasteiger charge is 2.30. The van der Waals surface area contributed by atoms with Crippen molar-refractivity contribution in [1.82, 2.24) is 9.80 Å². The Bertz CT molecular complexity index is 942. The zero-order valence-electron chi connectivity index (χ0n) is 17.0. The second kappa shape index (κ2) is 9.73. The van der Waals surface area contributed by atoms with Gasteiger partial charge in [0, 0.05) is 38.3 Å². The minimum absolute atomic E-state index is 0.0993. The Morgan fingerprint density at radius 2 is 1.57 bits per heavy atom. The number of ether oxygens (including phenoxy) is 1. The van der Waals surface area contributed by atoms with Crippen LogP contribution >= 0.6 is 0 Å². The summed E-state index contributed by atoms with van der Waals surface area (Å²) in [5.41, 5.74) is 3.80. The number of hydrogen-bond acceptors (Lipinski definition) is 6. The average Bonchev–Trinajstić information content (AvgIpc) is 3.06. The Balaban J connectivity index is 1.18. The van der Waals surface area contributed by atoms with Crippen molar-refractivity contribution in [3.63, 3.8) is 0 Å². The number of hydrogen-bond donors (Lipinski definition) is 1. The molecular formula is C23H28N2O4S. The standard InChI is InChI=1S/C23H28N2O4S/c26-23-21-5-2-1-4-20(21)22(29-23)6-3-11-24-12-14-25(15-13-24)16-18-7-9-19(10-8-18)17-30(27)28/h1-2,4-5,7-10,22,30H,3,6,11-17H2. The Labute approximate surface area is 179 Å². The molecule has 0 radical (unpaired) electrons. The molecule has 1 unspecified atom stereocenters. The molecule has 0 saturated carbocycles. The molecule has 1 saturated heterocycles. The Kier molecular flexibility index (Phi) is 6.82. The quantitative estimate of drug-likeness (QED) is 0.515. The van der Waals surface area contributed by atoms with E-state index in [2.05, 4.69) is 9.80 Å². The SMILES string of the molecule is O=C1OC(CCCN2CCN(Cc3ccc(C[SH](=O)=O)cc3)CC2)c2ccccc21. The average molecular weight is 429 g/mol. The normalized spacial score (nSPS) is 19.8. The summed E-state index contributed by atoms with van der Waals surface area (Å²) in [7, 11) is -2.37. The van der Waals surface area contributed by atoms with Gasteiger partial charge in [-0.15, -0.1) is 0 Å². The van der Waals surface area contributed by atoms with Crippen LogP contribution < -0.4 is 0 Å². The maximum Gasteiger partial charge on any atom is 0.339 e. The monoisotopic (exact) mass is 428 g/mol. The van der Waals surface area contributed by atoms with Gasteiger partial charge in [0.1, 0.15) is 16.8 Å². The van der Waals surface area contributed by atoms with Crippen molar-refractivity contribution in [2.24, 2.45) is 0 Å². The maximum atomic E-state index is 11.9. The highest BCUT2D eigenvalue weighted by atomic mass is 32.2. The fourth-order valence-electron chi connectivity index (χ4n) is 4.26.